The Balaban J connectivity index is 2.14. The number of nitro groups is 1. The molecule has 1 saturated heterocycles. The van der Waals surface area contributed by atoms with Crippen molar-refractivity contribution in [3.05, 3.63) is 34.4 Å². The largest absolute Gasteiger partial charge is 0.462 e. The molecule has 0 amide bonds. The normalized spacial score (nSPS) is 32.7. The molecule has 0 unspecified atom stereocenters. The molecule has 0 aromatic heterocycles. The van der Waals surface area contributed by atoms with Crippen LogP contribution in [0.3, 0.4) is 0 Å². The number of non-ortho nitro benzene ring substituents is 1. The SMILES string of the molecule is O=[N+]([O-])c1cccc(O[C@H]2O[C@H](CO)[C@H](O)[C@H](O)[C@H]2O)c1. The van der Waals surface area contributed by atoms with Gasteiger partial charge in [-0.15, -0.1) is 0 Å². The van der Waals surface area contributed by atoms with Crippen molar-refractivity contribution in [1.82, 2.24) is 0 Å². The molecule has 0 radical (unpaired) electrons. The molecule has 1 fully saturated rings. The van der Waals surface area contributed by atoms with Crippen LogP contribution in [-0.2, 0) is 4.74 Å². The molecule has 5 atom stereocenters. The fraction of sp³-hybridized carbons (Fsp3) is 0.500. The van der Waals surface area contributed by atoms with Crippen LogP contribution in [0.1, 0.15) is 0 Å². The van der Waals surface area contributed by atoms with E-state index in [1.807, 2.05) is 0 Å². The minimum Gasteiger partial charge on any atom is -0.462 e. The minimum atomic E-state index is -1.57. The maximum absolute atomic E-state index is 10.7. The Kier molecular flexibility index (Phi) is 4.70. The van der Waals surface area contributed by atoms with Gasteiger partial charge < -0.3 is 29.9 Å². The van der Waals surface area contributed by atoms with Crippen molar-refractivity contribution in [1.29, 1.82) is 0 Å². The molecule has 116 valence electrons. The lowest BCUT2D eigenvalue weighted by atomic mass is 9.99. The summed E-state index contributed by atoms with van der Waals surface area (Å²) in [6.07, 6.45) is -7.11. The zero-order valence-electron chi connectivity index (χ0n) is 10.8. The van der Waals surface area contributed by atoms with Crippen LogP contribution in [-0.4, -0.2) is 62.7 Å². The summed E-state index contributed by atoms with van der Waals surface area (Å²) in [5.41, 5.74) is -0.211. The average Bonchev–Trinajstić information content (AvgIpc) is 2.48. The van der Waals surface area contributed by atoms with Gasteiger partial charge in [-0.05, 0) is 6.07 Å². The first-order valence-corrected chi connectivity index (χ1v) is 6.15. The second-order valence-electron chi connectivity index (χ2n) is 4.57. The highest BCUT2D eigenvalue weighted by atomic mass is 16.7. The van der Waals surface area contributed by atoms with Crippen molar-refractivity contribution in [3.8, 4) is 5.75 Å². The third-order valence-corrected chi connectivity index (χ3v) is 3.13. The number of hydrogen-bond acceptors (Lipinski definition) is 8. The van der Waals surface area contributed by atoms with Crippen molar-refractivity contribution >= 4 is 5.69 Å². The molecule has 1 aromatic rings. The molecule has 1 aliphatic heterocycles. The molecule has 4 N–H and O–H groups in total. The summed E-state index contributed by atoms with van der Waals surface area (Å²) in [7, 11) is 0. The second-order valence-corrected chi connectivity index (χ2v) is 4.57. The maximum Gasteiger partial charge on any atom is 0.273 e. The van der Waals surface area contributed by atoms with Gasteiger partial charge in [0, 0.05) is 6.07 Å². The zero-order chi connectivity index (χ0) is 15.6. The van der Waals surface area contributed by atoms with Crippen LogP contribution in [0.4, 0.5) is 5.69 Å². The Bertz CT molecular complexity index is 508. The summed E-state index contributed by atoms with van der Waals surface area (Å²) >= 11 is 0. The fourth-order valence-electron chi connectivity index (χ4n) is 1.97. The van der Waals surface area contributed by atoms with Crippen LogP contribution in [0, 0.1) is 10.1 Å². The molecule has 21 heavy (non-hydrogen) atoms. The third-order valence-electron chi connectivity index (χ3n) is 3.13. The van der Waals surface area contributed by atoms with Crippen LogP contribution in [0.25, 0.3) is 0 Å². The first-order chi connectivity index (χ1) is 9.93. The number of ether oxygens (including phenoxy) is 2. The van der Waals surface area contributed by atoms with E-state index in [0.29, 0.717) is 0 Å². The van der Waals surface area contributed by atoms with E-state index in [1.54, 1.807) is 0 Å². The maximum atomic E-state index is 10.7. The molecule has 0 bridgehead atoms. The highest BCUT2D eigenvalue weighted by Gasteiger charge is 2.44. The van der Waals surface area contributed by atoms with Gasteiger partial charge in [-0.25, -0.2) is 0 Å². The first-order valence-electron chi connectivity index (χ1n) is 6.15. The van der Waals surface area contributed by atoms with E-state index in [1.165, 1.54) is 18.2 Å². The number of aliphatic hydroxyl groups excluding tert-OH is 4. The molecule has 9 nitrogen and oxygen atoms in total. The highest BCUT2D eigenvalue weighted by Crippen LogP contribution is 2.26. The van der Waals surface area contributed by atoms with Gasteiger partial charge in [0.15, 0.2) is 0 Å². The lowest BCUT2D eigenvalue weighted by molar-refractivity contribution is -0.385. The molecule has 0 saturated carbocycles. The molecule has 1 aromatic carbocycles. The Morgan fingerprint density at radius 2 is 1.95 bits per heavy atom. The van der Waals surface area contributed by atoms with Gasteiger partial charge in [0.2, 0.25) is 6.29 Å². The number of aliphatic hydroxyl groups is 4. The fourth-order valence-corrected chi connectivity index (χ4v) is 1.97. The van der Waals surface area contributed by atoms with E-state index in [4.69, 9.17) is 14.6 Å². The summed E-state index contributed by atoms with van der Waals surface area (Å²) in [4.78, 5) is 10.1. The van der Waals surface area contributed by atoms with Gasteiger partial charge in [0.05, 0.1) is 17.6 Å². The van der Waals surface area contributed by atoms with E-state index in [9.17, 15) is 25.4 Å². The predicted octanol–water partition coefficient (Wildman–Crippen LogP) is -1.23. The Morgan fingerprint density at radius 1 is 1.24 bits per heavy atom. The van der Waals surface area contributed by atoms with E-state index in [-0.39, 0.29) is 11.4 Å². The summed E-state index contributed by atoms with van der Waals surface area (Å²) in [6.45, 7) is -0.584. The Morgan fingerprint density at radius 3 is 2.57 bits per heavy atom. The quantitative estimate of drug-likeness (QED) is 0.400. The van der Waals surface area contributed by atoms with E-state index in [2.05, 4.69) is 0 Å². The van der Waals surface area contributed by atoms with Gasteiger partial charge in [0.1, 0.15) is 30.2 Å². The number of nitro benzene ring substituents is 1. The number of rotatable bonds is 4. The molecule has 1 aliphatic rings. The first kappa shape index (κ1) is 15.6. The third kappa shape index (κ3) is 3.28. The second kappa shape index (κ2) is 6.33. The molecule has 9 heteroatoms. The molecule has 1 heterocycles. The van der Waals surface area contributed by atoms with Gasteiger partial charge >= 0.3 is 0 Å². The minimum absolute atomic E-state index is 0.0496. The molecule has 2 rings (SSSR count). The smallest absolute Gasteiger partial charge is 0.273 e. The monoisotopic (exact) mass is 301 g/mol. The summed E-state index contributed by atoms with van der Waals surface area (Å²) in [5, 5.41) is 48.7. The van der Waals surface area contributed by atoms with Gasteiger partial charge in [-0.3, -0.25) is 10.1 Å². The Hall–Kier alpha value is -1.78. The number of benzene rings is 1. The van der Waals surface area contributed by atoms with E-state index >= 15 is 0 Å². The van der Waals surface area contributed by atoms with Crippen molar-refractivity contribution in [2.24, 2.45) is 0 Å². The van der Waals surface area contributed by atoms with Gasteiger partial charge in [-0.2, -0.15) is 0 Å². The lowest BCUT2D eigenvalue weighted by Gasteiger charge is -2.39. The topological polar surface area (TPSA) is 143 Å². The standard InChI is InChI=1S/C12H15NO8/c14-5-8-9(15)10(16)11(17)12(21-8)20-7-3-1-2-6(4-7)13(18)19/h1-4,8-12,14-17H,5H2/t8-,9+,10+,11-,12+/m1/s1. The van der Waals surface area contributed by atoms with Crippen LogP contribution < -0.4 is 4.74 Å². The van der Waals surface area contributed by atoms with Crippen molar-refractivity contribution in [3.63, 3.8) is 0 Å². The number of hydrogen-bond donors (Lipinski definition) is 4. The van der Waals surface area contributed by atoms with Crippen molar-refractivity contribution < 1.29 is 34.8 Å². The molecule has 0 spiro atoms. The summed E-state index contributed by atoms with van der Waals surface area (Å²) in [5.74, 6) is 0.0496. The van der Waals surface area contributed by atoms with Crippen molar-refractivity contribution in [2.75, 3.05) is 6.61 Å². The predicted molar refractivity (Wildman–Crippen MR) is 67.5 cm³/mol. The summed E-state index contributed by atoms with van der Waals surface area (Å²) in [6, 6.07) is 5.19. The highest BCUT2D eigenvalue weighted by molar-refractivity contribution is 5.38. The Labute approximate surface area is 119 Å². The molecular weight excluding hydrogens is 286 g/mol. The van der Waals surface area contributed by atoms with Gasteiger partial charge in [-0.1, -0.05) is 6.07 Å². The van der Waals surface area contributed by atoms with Crippen LogP contribution in [0.15, 0.2) is 24.3 Å². The van der Waals surface area contributed by atoms with Gasteiger partial charge in [0.25, 0.3) is 5.69 Å². The molecular formula is C12H15NO8. The van der Waals surface area contributed by atoms with Crippen LogP contribution in [0.2, 0.25) is 0 Å². The van der Waals surface area contributed by atoms with E-state index < -0.39 is 42.2 Å². The summed E-state index contributed by atoms with van der Waals surface area (Å²) < 4.78 is 10.4. The van der Waals surface area contributed by atoms with E-state index in [0.717, 1.165) is 6.07 Å². The van der Waals surface area contributed by atoms with Crippen LogP contribution in [0.5, 0.6) is 5.75 Å². The average molecular weight is 301 g/mol. The molecule has 0 aliphatic carbocycles. The van der Waals surface area contributed by atoms with Crippen LogP contribution >= 0.6 is 0 Å². The van der Waals surface area contributed by atoms with Crippen molar-refractivity contribution in [2.45, 2.75) is 30.7 Å². The zero-order valence-corrected chi connectivity index (χ0v) is 10.8. The number of nitrogens with zero attached hydrogens (tertiary/aromatic N) is 1. The lowest BCUT2D eigenvalue weighted by Crippen LogP contribution is -2.60.